The number of nitrogens with one attached hydrogen (secondary N) is 2. The van der Waals surface area contributed by atoms with Crippen LogP contribution in [-0.2, 0) is 4.79 Å². The van der Waals surface area contributed by atoms with Gasteiger partial charge in [0.25, 0.3) is 0 Å². The van der Waals surface area contributed by atoms with E-state index in [0.29, 0.717) is 11.7 Å². The Balaban J connectivity index is 1.65. The first-order valence-electron chi connectivity index (χ1n) is 8.01. The number of aromatic amines is 1. The van der Waals surface area contributed by atoms with Gasteiger partial charge in [-0.1, -0.05) is 49.9 Å². The zero-order valence-electron chi connectivity index (χ0n) is 14.1. The van der Waals surface area contributed by atoms with Crippen molar-refractivity contribution in [2.75, 3.05) is 11.1 Å². The van der Waals surface area contributed by atoms with E-state index in [4.69, 9.17) is 0 Å². The fourth-order valence-corrected chi connectivity index (χ4v) is 3.29. The van der Waals surface area contributed by atoms with Gasteiger partial charge in [0.05, 0.1) is 16.8 Å². The Bertz CT molecular complexity index is 870. The number of carbonyl (C=O) groups excluding carboxylic acids is 1. The minimum absolute atomic E-state index is 0.0234. The summed E-state index contributed by atoms with van der Waals surface area (Å²) in [6, 6.07) is 14.0. The molecule has 3 aromatic rings. The number of rotatable bonds is 5. The third-order valence-electron chi connectivity index (χ3n) is 3.81. The SMILES string of the molecule is Cc1ccc2nc(SCC(=O)Nc3ccccc3C(C)C)[nH]c2c1. The predicted octanol–water partition coefficient (Wildman–Crippen LogP) is 4.73. The molecule has 0 aliphatic carbocycles. The number of hydrogen-bond donors (Lipinski definition) is 2. The van der Waals surface area contributed by atoms with Crippen LogP contribution in [0.25, 0.3) is 11.0 Å². The summed E-state index contributed by atoms with van der Waals surface area (Å²) in [6.07, 6.45) is 0. The van der Waals surface area contributed by atoms with Crippen LogP contribution in [0.2, 0.25) is 0 Å². The molecule has 3 rings (SSSR count). The van der Waals surface area contributed by atoms with Crippen LogP contribution in [-0.4, -0.2) is 21.6 Å². The van der Waals surface area contributed by atoms with Gasteiger partial charge in [0.1, 0.15) is 0 Å². The second-order valence-corrected chi connectivity index (χ2v) is 7.11. The van der Waals surface area contributed by atoms with Gasteiger partial charge in [0.15, 0.2) is 5.16 Å². The van der Waals surface area contributed by atoms with Gasteiger partial charge in [-0.3, -0.25) is 4.79 Å². The molecule has 1 aromatic heterocycles. The van der Waals surface area contributed by atoms with Crippen molar-refractivity contribution in [3.05, 3.63) is 53.6 Å². The number of hydrogen-bond acceptors (Lipinski definition) is 3. The van der Waals surface area contributed by atoms with Crippen molar-refractivity contribution < 1.29 is 4.79 Å². The minimum Gasteiger partial charge on any atom is -0.333 e. The maximum Gasteiger partial charge on any atom is 0.234 e. The van der Waals surface area contributed by atoms with Crippen LogP contribution in [0.3, 0.4) is 0 Å². The number of benzene rings is 2. The Labute approximate surface area is 146 Å². The molecule has 1 heterocycles. The number of anilines is 1. The molecule has 2 aromatic carbocycles. The van der Waals surface area contributed by atoms with Gasteiger partial charge in [-0.15, -0.1) is 0 Å². The van der Waals surface area contributed by atoms with Crippen molar-refractivity contribution >= 4 is 34.4 Å². The highest BCUT2D eigenvalue weighted by atomic mass is 32.2. The Hall–Kier alpha value is -2.27. The van der Waals surface area contributed by atoms with E-state index < -0.39 is 0 Å². The number of fused-ring (bicyclic) bond motifs is 1. The highest BCUT2D eigenvalue weighted by Crippen LogP contribution is 2.25. The number of para-hydroxylation sites is 1. The third-order valence-corrected chi connectivity index (χ3v) is 4.69. The predicted molar refractivity (Wildman–Crippen MR) is 101 cm³/mol. The quantitative estimate of drug-likeness (QED) is 0.661. The number of imidazole rings is 1. The number of carbonyl (C=O) groups is 1. The van der Waals surface area contributed by atoms with E-state index in [9.17, 15) is 4.79 Å². The van der Waals surface area contributed by atoms with Crippen LogP contribution >= 0.6 is 11.8 Å². The summed E-state index contributed by atoms with van der Waals surface area (Å²) in [5.41, 5.74) is 5.15. The van der Waals surface area contributed by atoms with Gasteiger partial charge in [0, 0.05) is 5.69 Å². The van der Waals surface area contributed by atoms with Crippen molar-refractivity contribution in [3.63, 3.8) is 0 Å². The van der Waals surface area contributed by atoms with Crippen LogP contribution in [0, 0.1) is 6.92 Å². The summed E-state index contributed by atoms with van der Waals surface area (Å²) >= 11 is 1.41. The maximum absolute atomic E-state index is 12.3. The summed E-state index contributed by atoms with van der Waals surface area (Å²) in [4.78, 5) is 20.0. The molecule has 0 aliphatic rings. The fourth-order valence-electron chi connectivity index (χ4n) is 2.60. The molecule has 0 saturated heterocycles. The van der Waals surface area contributed by atoms with E-state index in [1.54, 1.807) is 0 Å². The Morgan fingerprint density at radius 2 is 2.04 bits per heavy atom. The van der Waals surface area contributed by atoms with E-state index in [1.165, 1.54) is 17.3 Å². The lowest BCUT2D eigenvalue weighted by Crippen LogP contribution is -2.15. The number of amides is 1. The normalized spacial score (nSPS) is 11.2. The second kappa shape index (κ2) is 7.09. The molecule has 0 atom stereocenters. The number of aromatic nitrogens is 2. The van der Waals surface area contributed by atoms with Crippen molar-refractivity contribution in [1.82, 2.24) is 9.97 Å². The summed E-state index contributed by atoms with van der Waals surface area (Å²) in [5.74, 6) is 0.670. The van der Waals surface area contributed by atoms with Crippen LogP contribution in [0.4, 0.5) is 5.69 Å². The van der Waals surface area contributed by atoms with Gasteiger partial charge in [-0.25, -0.2) is 4.98 Å². The lowest BCUT2D eigenvalue weighted by Gasteiger charge is -2.13. The second-order valence-electron chi connectivity index (χ2n) is 6.14. The summed E-state index contributed by atoms with van der Waals surface area (Å²) in [5, 5.41) is 3.77. The van der Waals surface area contributed by atoms with E-state index in [1.807, 2.05) is 37.3 Å². The lowest BCUT2D eigenvalue weighted by atomic mass is 10.0. The highest BCUT2D eigenvalue weighted by molar-refractivity contribution is 7.99. The van der Waals surface area contributed by atoms with Crippen molar-refractivity contribution in [1.29, 1.82) is 0 Å². The average Bonchev–Trinajstić information content (AvgIpc) is 2.95. The average molecular weight is 339 g/mol. The smallest absolute Gasteiger partial charge is 0.234 e. The standard InChI is InChI=1S/C19H21N3OS/c1-12(2)14-6-4-5-7-15(14)20-18(23)11-24-19-21-16-9-8-13(3)10-17(16)22-19/h4-10,12H,11H2,1-3H3,(H,20,23)(H,21,22). The molecule has 1 amide bonds. The molecule has 0 aliphatic heterocycles. The monoisotopic (exact) mass is 339 g/mol. The molecular weight excluding hydrogens is 318 g/mol. The largest absolute Gasteiger partial charge is 0.333 e. The first kappa shape index (κ1) is 16.6. The molecule has 4 nitrogen and oxygen atoms in total. The van der Waals surface area contributed by atoms with Crippen LogP contribution in [0.5, 0.6) is 0 Å². The first-order valence-corrected chi connectivity index (χ1v) is 8.99. The van der Waals surface area contributed by atoms with E-state index in [2.05, 4.69) is 41.3 Å². The van der Waals surface area contributed by atoms with Gasteiger partial charge in [0.2, 0.25) is 5.91 Å². The number of thioether (sulfide) groups is 1. The summed E-state index contributed by atoms with van der Waals surface area (Å²) in [6.45, 7) is 6.29. The molecule has 0 bridgehead atoms. The van der Waals surface area contributed by atoms with E-state index in [-0.39, 0.29) is 5.91 Å². The lowest BCUT2D eigenvalue weighted by molar-refractivity contribution is -0.113. The van der Waals surface area contributed by atoms with Gasteiger partial charge < -0.3 is 10.3 Å². The van der Waals surface area contributed by atoms with Crippen LogP contribution in [0.1, 0.15) is 30.9 Å². The van der Waals surface area contributed by atoms with Crippen molar-refractivity contribution in [3.8, 4) is 0 Å². The molecule has 24 heavy (non-hydrogen) atoms. The van der Waals surface area contributed by atoms with Crippen LogP contribution < -0.4 is 5.32 Å². The molecular formula is C19H21N3OS. The van der Waals surface area contributed by atoms with Gasteiger partial charge >= 0.3 is 0 Å². The fraction of sp³-hybridized carbons (Fsp3) is 0.263. The topological polar surface area (TPSA) is 57.8 Å². The van der Waals surface area contributed by atoms with Crippen molar-refractivity contribution in [2.24, 2.45) is 0 Å². The first-order chi connectivity index (χ1) is 11.5. The highest BCUT2D eigenvalue weighted by Gasteiger charge is 2.11. The number of nitrogens with zero attached hydrogens (tertiary/aromatic N) is 1. The zero-order chi connectivity index (χ0) is 17.1. The molecule has 0 radical (unpaired) electrons. The molecule has 0 fully saturated rings. The number of H-pyrrole nitrogens is 1. The van der Waals surface area contributed by atoms with Gasteiger partial charge in [-0.05, 0) is 42.2 Å². The molecule has 0 spiro atoms. The molecule has 0 saturated carbocycles. The molecule has 124 valence electrons. The summed E-state index contributed by atoms with van der Waals surface area (Å²) in [7, 11) is 0. The van der Waals surface area contributed by atoms with E-state index in [0.717, 1.165) is 27.4 Å². The Morgan fingerprint density at radius 3 is 2.83 bits per heavy atom. The third kappa shape index (κ3) is 3.79. The Morgan fingerprint density at radius 1 is 1.25 bits per heavy atom. The molecule has 5 heteroatoms. The molecule has 0 unspecified atom stereocenters. The van der Waals surface area contributed by atoms with Crippen molar-refractivity contribution in [2.45, 2.75) is 31.8 Å². The molecule has 2 N–H and O–H groups in total. The van der Waals surface area contributed by atoms with Gasteiger partial charge in [-0.2, -0.15) is 0 Å². The number of aryl methyl sites for hydroxylation is 1. The summed E-state index contributed by atoms with van der Waals surface area (Å²) < 4.78 is 0. The maximum atomic E-state index is 12.3. The Kier molecular flexibility index (Phi) is 4.90. The minimum atomic E-state index is -0.0234. The zero-order valence-corrected chi connectivity index (χ0v) is 14.9. The van der Waals surface area contributed by atoms with E-state index >= 15 is 0 Å². The van der Waals surface area contributed by atoms with Crippen LogP contribution in [0.15, 0.2) is 47.6 Å².